The first-order chi connectivity index (χ1) is 8.58. The summed E-state index contributed by atoms with van der Waals surface area (Å²) in [5.41, 5.74) is 0.301. The van der Waals surface area contributed by atoms with Gasteiger partial charge < -0.3 is 9.64 Å². The minimum Gasteiger partial charge on any atom is -0.491 e. The molecule has 0 heterocycles. The van der Waals surface area contributed by atoms with Gasteiger partial charge in [-0.25, -0.2) is 4.39 Å². The SMILES string of the molecule is CCN(CC)CCOc1ccc(F)cc1C(C)=O. The predicted octanol–water partition coefficient (Wildman–Crippen LogP) is 2.75. The molecule has 0 aliphatic rings. The first-order valence-corrected chi connectivity index (χ1v) is 6.24. The molecule has 1 aromatic rings. The number of carbonyl (C=O) groups is 1. The van der Waals surface area contributed by atoms with Crippen LogP contribution in [0.3, 0.4) is 0 Å². The summed E-state index contributed by atoms with van der Waals surface area (Å²) in [6.07, 6.45) is 0. The van der Waals surface area contributed by atoms with E-state index in [1.165, 1.54) is 25.1 Å². The lowest BCUT2D eigenvalue weighted by atomic mass is 10.1. The zero-order chi connectivity index (χ0) is 13.5. The number of ether oxygens (including phenoxy) is 1. The predicted molar refractivity (Wildman–Crippen MR) is 69.7 cm³/mol. The lowest BCUT2D eigenvalue weighted by Crippen LogP contribution is -2.28. The Hall–Kier alpha value is -1.42. The molecule has 0 N–H and O–H groups in total. The third-order valence-corrected chi connectivity index (χ3v) is 2.88. The van der Waals surface area contributed by atoms with Crippen LogP contribution in [0.5, 0.6) is 5.75 Å². The van der Waals surface area contributed by atoms with E-state index in [2.05, 4.69) is 18.7 Å². The first-order valence-electron chi connectivity index (χ1n) is 6.24. The molecular formula is C14H20FNO2. The zero-order valence-electron chi connectivity index (χ0n) is 11.2. The molecule has 0 unspecified atom stereocenters. The summed E-state index contributed by atoms with van der Waals surface area (Å²) >= 11 is 0. The van der Waals surface area contributed by atoms with Crippen molar-refractivity contribution >= 4 is 5.78 Å². The highest BCUT2D eigenvalue weighted by Gasteiger charge is 2.10. The Morgan fingerprint density at radius 3 is 2.56 bits per heavy atom. The molecule has 0 aromatic heterocycles. The van der Waals surface area contributed by atoms with Crippen molar-refractivity contribution in [2.24, 2.45) is 0 Å². The van der Waals surface area contributed by atoms with Gasteiger partial charge in [-0.15, -0.1) is 0 Å². The van der Waals surface area contributed by atoms with Crippen molar-refractivity contribution in [1.82, 2.24) is 4.90 Å². The van der Waals surface area contributed by atoms with E-state index in [9.17, 15) is 9.18 Å². The van der Waals surface area contributed by atoms with Crippen molar-refractivity contribution in [3.8, 4) is 5.75 Å². The molecular weight excluding hydrogens is 233 g/mol. The molecule has 0 radical (unpaired) electrons. The summed E-state index contributed by atoms with van der Waals surface area (Å²) < 4.78 is 18.6. The molecule has 100 valence electrons. The van der Waals surface area contributed by atoms with Gasteiger partial charge >= 0.3 is 0 Å². The molecule has 1 aromatic carbocycles. The van der Waals surface area contributed by atoms with Crippen LogP contribution in [0.25, 0.3) is 0 Å². The van der Waals surface area contributed by atoms with Crippen LogP contribution in [-0.4, -0.2) is 36.9 Å². The lowest BCUT2D eigenvalue weighted by Gasteiger charge is -2.18. The van der Waals surface area contributed by atoms with Gasteiger partial charge in [-0.1, -0.05) is 13.8 Å². The summed E-state index contributed by atoms with van der Waals surface area (Å²) in [7, 11) is 0. The number of Topliss-reactive ketones (excluding diaryl/α,β-unsaturated/α-hetero) is 1. The fourth-order valence-corrected chi connectivity index (χ4v) is 1.73. The lowest BCUT2D eigenvalue weighted by molar-refractivity contribution is 0.101. The van der Waals surface area contributed by atoms with Crippen LogP contribution >= 0.6 is 0 Å². The van der Waals surface area contributed by atoms with Crippen LogP contribution in [0.4, 0.5) is 4.39 Å². The summed E-state index contributed by atoms with van der Waals surface area (Å²) in [6.45, 7) is 8.79. The molecule has 0 fully saturated rings. The van der Waals surface area contributed by atoms with Crippen molar-refractivity contribution in [1.29, 1.82) is 0 Å². The smallest absolute Gasteiger partial charge is 0.163 e. The van der Waals surface area contributed by atoms with Crippen molar-refractivity contribution in [2.75, 3.05) is 26.2 Å². The molecule has 1 rings (SSSR count). The Morgan fingerprint density at radius 1 is 1.33 bits per heavy atom. The van der Waals surface area contributed by atoms with Crippen LogP contribution < -0.4 is 4.74 Å². The topological polar surface area (TPSA) is 29.5 Å². The molecule has 0 saturated carbocycles. The number of ketones is 1. The Bertz CT molecular complexity index is 403. The fourth-order valence-electron chi connectivity index (χ4n) is 1.73. The molecule has 0 aliphatic carbocycles. The van der Waals surface area contributed by atoms with Gasteiger partial charge in [-0.05, 0) is 38.2 Å². The number of nitrogens with zero attached hydrogens (tertiary/aromatic N) is 1. The Labute approximate surface area is 108 Å². The Morgan fingerprint density at radius 2 is 2.00 bits per heavy atom. The average molecular weight is 253 g/mol. The highest BCUT2D eigenvalue weighted by Crippen LogP contribution is 2.20. The molecule has 0 amide bonds. The van der Waals surface area contributed by atoms with Crippen LogP contribution in [0.2, 0.25) is 0 Å². The molecule has 3 nitrogen and oxygen atoms in total. The quantitative estimate of drug-likeness (QED) is 0.700. The number of rotatable bonds is 7. The number of carbonyl (C=O) groups excluding carboxylic acids is 1. The average Bonchev–Trinajstić information content (AvgIpc) is 2.36. The molecule has 0 saturated heterocycles. The van der Waals surface area contributed by atoms with Crippen molar-refractivity contribution in [2.45, 2.75) is 20.8 Å². The maximum absolute atomic E-state index is 13.1. The second-order valence-electron chi connectivity index (χ2n) is 4.07. The van der Waals surface area contributed by atoms with E-state index < -0.39 is 5.82 Å². The fraction of sp³-hybridized carbons (Fsp3) is 0.500. The molecule has 0 atom stereocenters. The summed E-state index contributed by atoms with van der Waals surface area (Å²) in [5.74, 6) is -0.153. The van der Waals surface area contributed by atoms with E-state index in [0.717, 1.165) is 19.6 Å². The Balaban J connectivity index is 2.64. The van der Waals surface area contributed by atoms with Gasteiger partial charge in [0, 0.05) is 6.54 Å². The number of hydrogen-bond donors (Lipinski definition) is 0. The third kappa shape index (κ3) is 4.11. The van der Waals surface area contributed by atoms with E-state index in [4.69, 9.17) is 4.74 Å². The highest BCUT2D eigenvalue weighted by atomic mass is 19.1. The second-order valence-corrected chi connectivity index (χ2v) is 4.07. The Kier molecular flexibility index (Phi) is 5.78. The van der Waals surface area contributed by atoms with E-state index >= 15 is 0 Å². The summed E-state index contributed by atoms with van der Waals surface area (Å²) in [6, 6.07) is 4.03. The van der Waals surface area contributed by atoms with Crippen LogP contribution in [0, 0.1) is 5.82 Å². The molecule has 4 heteroatoms. The largest absolute Gasteiger partial charge is 0.491 e. The number of hydrogen-bond acceptors (Lipinski definition) is 3. The van der Waals surface area contributed by atoms with E-state index in [1.54, 1.807) is 0 Å². The van der Waals surface area contributed by atoms with Crippen molar-refractivity contribution in [3.63, 3.8) is 0 Å². The van der Waals surface area contributed by atoms with Crippen LogP contribution in [0.15, 0.2) is 18.2 Å². The van der Waals surface area contributed by atoms with Crippen molar-refractivity contribution < 1.29 is 13.9 Å². The molecule has 0 spiro atoms. The molecule has 0 aliphatic heterocycles. The van der Waals surface area contributed by atoms with Crippen LogP contribution in [-0.2, 0) is 0 Å². The number of benzene rings is 1. The van der Waals surface area contributed by atoms with Gasteiger partial charge in [-0.2, -0.15) is 0 Å². The van der Waals surface area contributed by atoms with Gasteiger partial charge in [0.25, 0.3) is 0 Å². The maximum Gasteiger partial charge on any atom is 0.163 e. The maximum atomic E-state index is 13.1. The normalized spacial score (nSPS) is 10.7. The molecule has 18 heavy (non-hydrogen) atoms. The van der Waals surface area contributed by atoms with Gasteiger partial charge in [0.2, 0.25) is 0 Å². The third-order valence-electron chi connectivity index (χ3n) is 2.88. The van der Waals surface area contributed by atoms with Gasteiger partial charge in [0.1, 0.15) is 18.2 Å². The second kappa shape index (κ2) is 7.11. The minimum atomic E-state index is -0.420. The number of halogens is 1. The molecule has 0 bridgehead atoms. The van der Waals surface area contributed by atoms with E-state index in [1.807, 2.05) is 0 Å². The van der Waals surface area contributed by atoms with Crippen LogP contribution in [0.1, 0.15) is 31.1 Å². The van der Waals surface area contributed by atoms with Gasteiger partial charge in [-0.3, -0.25) is 4.79 Å². The summed E-state index contributed by atoms with van der Waals surface area (Å²) in [4.78, 5) is 13.6. The zero-order valence-corrected chi connectivity index (χ0v) is 11.2. The first kappa shape index (κ1) is 14.6. The highest BCUT2D eigenvalue weighted by molar-refractivity contribution is 5.96. The standard InChI is InChI=1S/C14H20FNO2/c1-4-16(5-2)8-9-18-14-7-6-12(15)10-13(14)11(3)17/h6-7,10H,4-5,8-9H2,1-3H3. The summed E-state index contributed by atoms with van der Waals surface area (Å²) in [5, 5.41) is 0. The minimum absolute atomic E-state index is 0.188. The number of likely N-dealkylation sites (N-methyl/N-ethyl adjacent to an activating group) is 1. The van der Waals surface area contributed by atoms with Crippen molar-refractivity contribution in [3.05, 3.63) is 29.6 Å². The monoisotopic (exact) mass is 253 g/mol. The van der Waals surface area contributed by atoms with E-state index in [0.29, 0.717) is 17.9 Å². The van der Waals surface area contributed by atoms with E-state index in [-0.39, 0.29) is 5.78 Å². The van der Waals surface area contributed by atoms with Gasteiger partial charge in [0.05, 0.1) is 5.56 Å². The van der Waals surface area contributed by atoms with Gasteiger partial charge in [0.15, 0.2) is 5.78 Å².